The lowest BCUT2D eigenvalue weighted by atomic mass is 10.0. The molecule has 3 N–H and O–H groups in total. The molecular weight excluding hydrogens is 164 g/mol. The molecule has 0 aromatic rings. The number of likely N-dealkylation sites (tertiary alicyclic amines) is 1. The van der Waals surface area contributed by atoms with E-state index < -0.39 is 0 Å². The van der Waals surface area contributed by atoms with Crippen molar-refractivity contribution in [2.24, 2.45) is 11.7 Å². The third kappa shape index (κ3) is 3.63. The lowest BCUT2D eigenvalue weighted by molar-refractivity contribution is 0.259. The fourth-order valence-corrected chi connectivity index (χ4v) is 1.94. The summed E-state index contributed by atoms with van der Waals surface area (Å²) in [6.07, 6.45) is 3.29. The maximum absolute atomic E-state index is 8.64. The van der Waals surface area contributed by atoms with Gasteiger partial charge in [-0.2, -0.15) is 0 Å². The Labute approximate surface area is 80.9 Å². The zero-order valence-corrected chi connectivity index (χ0v) is 8.58. The summed E-state index contributed by atoms with van der Waals surface area (Å²) in [7, 11) is 0. The summed E-state index contributed by atoms with van der Waals surface area (Å²) in [5, 5.41) is 8.64. The number of hydrogen-bond acceptors (Lipinski definition) is 3. The molecule has 0 amide bonds. The smallest absolute Gasteiger partial charge is 0.0431 e. The summed E-state index contributed by atoms with van der Waals surface area (Å²) in [6, 6.07) is 0.336. The molecule has 0 spiro atoms. The lowest BCUT2D eigenvalue weighted by Gasteiger charge is -2.17. The van der Waals surface area contributed by atoms with Crippen LogP contribution in [0, 0.1) is 5.92 Å². The van der Waals surface area contributed by atoms with E-state index in [1.165, 1.54) is 13.0 Å². The quantitative estimate of drug-likeness (QED) is 0.612. The van der Waals surface area contributed by atoms with Crippen molar-refractivity contribution in [3.63, 3.8) is 0 Å². The Bertz CT molecular complexity index is 139. The Balaban J connectivity index is 2.10. The first-order chi connectivity index (χ1) is 6.24. The Hall–Kier alpha value is -0.120. The zero-order valence-electron chi connectivity index (χ0n) is 8.58. The van der Waals surface area contributed by atoms with Crippen LogP contribution in [0.4, 0.5) is 0 Å². The van der Waals surface area contributed by atoms with Gasteiger partial charge in [-0.1, -0.05) is 0 Å². The number of rotatable bonds is 5. The van der Waals surface area contributed by atoms with Crippen LogP contribution < -0.4 is 5.73 Å². The number of nitrogens with two attached hydrogens (primary N) is 1. The van der Waals surface area contributed by atoms with E-state index in [-0.39, 0.29) is 0 Å². The summed E-state index contributed by atoms with van der Waals surface area (Å²) in [5.41, 5.74) is 5.85. The predicted molar refractivity (Wildman–Crippen MR) is 54.5 cm³/mol. The van der Waals surface area contributed by atoms with Crippen LogP contribution in [0.2, 0.25) is 0 Å². The molecule has 1 aliphatic rings. The molecule has 0 aromatic carbocycles. The maximum atomic E-state index is 8.64. The first-order valence-corrected chi connectivity index (χ1v) is 5.33. The summed E-state index contributed by atoms with van der Waals surface area (Å²) >= 11 is 0. The third-order valence-electron chi connectivity index (χ3n) is 2.93. The minimum atomic E-state index is 0.324. The van der Waals surface area contributed by atoms with E-state index >= 15 is 0 Å². The van der Waals surface area contributed by atoms with Gasteiger partial charge in [0.05, 0.1) is 0 Å². The van der Waals surface area contributed by atoms with Crippen molar-refractivity contribution in [1.29, 1.82) is 0 Å². The molecule has 0 aliphatic carbocycles. The molecule has 78 valence electrons. The lowest BCUT2D eigenvalue weighted by Crippen LogP contribution is -2.30. The van der Waals surface area contributed by atoms with Gasteiger partial charge in [0.1, 0.15) is 0 Å². The van der Waals surface area contributed by atoms with Crippen LogP contribution in [-0.4, -0.2) is 42.3 Å². The maximum Gasteiger partial charge on any atom is 0.0431 e. The van der Waals surface area contributed by atoms with E-state index in [9.17, 15) is 0 Å². The van der Waals surface area contributed by atoms with E-state index in [1.54, 1.807) is 0 Å². The average Bonchev–Trinajstić information content (AvgIpc) is 2.53. The van der Waals surface area contributed by atoms with Crippen molar-refractivity contribution >= 4 is 0 Å². The molecule has 0 saturated carbocycles. The summed E-state index contributed by atoms with van der Waals surface area (Å²) in [4.78, 5) is 2.46. The van der Waals surface area contributed by atoms with Crippen LogP contribution in [0.25, 0.3) is 0 Å². The second-order valence-corrected chi connectivity index (χ2v) is 4.14. The molecule has 0 aromatic heterocycles. The van der Waals surface area contributed by atoms with Gasteiger partial charge in [0.2, 0.25) is 0 Å². The first kappa shape index (κ1) is 11.0. The van der Waals surface area contributed by atoms with Gasteiger partial charge in [0.15, 0.2) is 0 Å². The fourth-order valence-electron chi connectivity index (χ4n) is 1.94. The molecule has 2 atom stereocenters. The van der Waals surface area contributed by atoms with E-state index in [0.717, 1.165) is 25.9 Å². The molecule has 1 heterocycles. The normalized spacial score (nSPS) is 26.5. The molecular formula is C10H22N2O. The van der Waals surface area contributed by atoms with Crippen LogP contribution in [0.3, 0.4) is 0 Å². The van der Waals surface area contributed by atoms with Crippen LogP contribution in [-0.2, 0) is 0 Å². The van der Waals surface area contributed by atoms with Crippen molar-refractivity contribution in [1.82, 2.24) is 4.90 Å². The van der Waals surface area contributed by atoms with Gasteiger partial charge < -0.3 is 15.7 Å². The molecule has 0 radical (unpaired) electrons. The Morgan fingerprint density at radius 1 is 1.54 bits per heavy atom. The number of unbranched alkanes of at least 4 members (excludes halogenated alkanes) is 1. The summed E-state index contributed by atoms with van der Waals surface area (Å²) < 4.78 is 0. The van der Waals surface area contributed by atoms with E-state index in [2.05, 4.69) is 11.8 Å². The average molecular weight is 186 g/mol. The minimum Gasteiger partial charge on any atom is -0.396 e. The topological polar surface area (TPSA) is 49.5 Å². The molecule has 13 heavy (non-hydrogen) atoms. The molecule has 2 unspecified atom stereocenters. The van der Waals surface area contributed by atoms with Crippen molar-refractivity contribution in [3.8, 4) is 0 Å². The molecule has 1 saturated heterocycles. The Morgan fingerprint density at radius 3 is 2.85 bits per heavy atom. The number of aliphatic hydroxyl groups excluding tert-OH is 1. The Kier molecular flexibility index (Phi) is 4.70. The molecule has 3 heteroatoms. The van der Waals surface area contributed by atoms with Gasteiger partial charge in [0.25, 0.3) is 0 Å². The molecule has 0 bridgehead atoms. The van der Waals surface area contributed by atoms with Gasteiger partial charge in [0, 0.05) is 19.2 Å². The number of aliphatic hydroxyl groups is 1. The molecule has 1 aliphatic heterocycles. The molecule has 1 rings (SSSR count). The van der Waals surface area contributed by atoms with Crippen LogP contribution in [0.15, 0.2) is 0 Å². The third-order valence-corrected chi connectivity index (χ3v) is 2.93. The van der Waals surface area contributed by atoms with Crippen molar-refractivity contribution in [2.75, 3.05) is 26.2 Å². The Morgan fingerprint density at radius 2 is 2.31 bits per heavy atom. The van der Waals surface area contributed by atoms with Crippen molar-refractivity contribution in [2.45, 2.75) is 32.2 Å². The second kappa shape index (κ2) is 5.58. The van der Waals surface area contributed by atoms with E-state index in [0.29, 0.717) is 18.6 Å². The van der Waals surface area contributed by atoms with Gasteiger partial charge in [-0.05, 0) is 45.2 Å². The van der Waals surface area contributed by atoms with E-state index in [4.69, 9.17) is 10.8 Å². The summed E-state index contributed by atoms with van der Waals surface area (Å²) in [6.45, 7) is 5.90. The van der Waals surface area contributed by atoms with Crippen LogP contribution in [0.1, 0.15) is 26.2 Å². The SMILES string of the molecule is CC(N)C1CCN(CCCCO)C1. The highest BCUT2D eigenvalue weighted by atomic mass is 16.2. The molecule has 1 fully saturated rings. The number of nitrogens with zero attached hydrogens (tertiary/aromatic N) is 1. The van der Waals surface area contributed by atoms with Crippen LogP contribution in [0.5, 0.6) is 0 Å². The van der Waals surface area contributed by atoms with Gasteiger partial charge in [-0.25, -0.2) is 0 Å². The van der Waals surface area contributed by atoms with Gasteiger partial charge >= 0.3 is 0 Å². The standard InChI is InChI=1S/C10H22N2O/c1-9(11)10-4-6-12(8-10)5-2-3-7-13/h9-10,13H,2-8,11H2,1H3. The zero-order chi connectivity index (χ0) is 9.68. The molecule has 3 nitrogen and oxygen atoms in total. The second-order valence-electron chi connectivity index (χ2n) is 4.14. The van der Waals surface area contributed by atoms with E-state index in [1.807, 2.05) is 0 Å². The van der Waals surface area contributed by atoms with Crippen LogP contribution >= 0.6 is 0 Å². The summed E-state index contributed by atoms with van der Waals surface area (Å²) in [5.74, 6) is 0.689. The highest BCUT2D eigenvalue weighted by Crippen LogP contribution is 2.18. The fraction of sp³-hybridized carbons (Fsp3) is 1.00. The van der Waals surface area contributed by atoms with Crippen molar-refractivity contribution in [3.05, 3.63) is 0 Å². The van der Waals surface area contributed by atoms with Gasteiger partial charge in [-0.3, -0.25) is 0 Å². The highest BCUT2D eigenvalue weighted by molar-refractivity contribution is 4.80. The first-order valence-electron chi connectivity index (χ1n) is 5.33. The monoisotopic (exact) mass is 186 g/mol. The van der Waals surface area contributed by atoms with Crippen molar-refractivity contribution < 1.29 is 5.11 Å². The highest BCUT2D eigenvalue weighted by Gasteiger charge is 2.24. The predicted octanol–water partition coefficient (Wildman–Crippen LogP) is 0.428. The number of hydrogen-bond donors (Lipinski definition) is 2. The minimum absolute atomic E-state index is 0.324. The van der Waals surface area contributed by atoms with Gasteiger partial charge in [-0.15, -0.1) is 0 Å². The largest absolute Gasteiger partial charge is 0.396 e.